The minimum Gasteiger partial charge on any atom is -0.469 e. The molecule has 0 atom stereocenters. The minimum absolute atomic E-state index is 0.0258. The van der Waals surface area contributed by atoms with Crippen molar-refractivity contribution in [2.45, 2.75) is 38.1 Å². The van der Waals surface area contributed by atoms with Crippen LogP contribution in [0.3, 0.4) is 0 Å². The lowest BCUT2D eigenvalue weighted by molar-refractivity contribution is -0.146. The average molecular weight is 283 g/mol. The Morgan fingerprint density at radius 2 is 1.95 bits per heavy atom. The van der Waals surface area contributed by atoms with Gasteiger partial charge in [0, 0.05) is 32.2 Å². The second-order valence-corrected chi connectivity index (χ2v) is 5.97. The molecule has 2 N–H and O–H groups in total. The number of carbonyl (C=O) groups excluding carboxylic acids is 1. The first-order chi connectivity index (χ1) is 9.79. The van der Waals surface area contributed by atoms with Crippen LogP contribution in [0.2, 0.25) is 0 Å². The summed E-state index contributed by atoms with van der Waals surface area (Å²) in [6.45, 7) is 6.92. The molecule has 0 radical (unpaired) electrons. The van der Waals surface area contributed by atoms with E-state index >= 15 is 0 Å². The van der Waals surface area contributed by atoms with Gasteiger partial charge in [-0.05, 0) is 45.2 Å². The van der Waals surface area contributed by atoms with E-state index in [1.807, 2.05) is 0 Å². The van der Waals surface area contributed by atoms with E-state index in [2.05, 4.69) is 15.5 Å². The molecule has 2 rings (SSSR count). The maximum absolute atomic E-state index is 11.5. The Morgan fingerprint density at radius 1 is 1.25 bits per heavy atom. The first-order valence-electron chi connectivity index (χ1n) is 8.04. The summed E-state index contributed by atoms with van der Waals surface area (Å²) in [7, 11) is 1.49. The highest BCUT2D eigenvalue weighted by atomic mass is 16.5. The molecule has 0 amide bonds. The third-order valence-corrected chi connectivity index (χ3v) is 4.56. The summed E-state index contributed by atoms with van der Waals surface area (Å²) in [5.74, 6) is 0.112. The minimum atomic E-state index is -0.0258. The van der Waals surface area contributed by atoms with E-state index in [-0.39, 0.29) is 11.9 Å². The SMILES string of the molecule is COC(=O)C1CCC(NCCCN2CCNCC2)CC1. The van der Waals surface area contributed by atoms with Gasteiger partial charge in [-0.15, -0.1) is 0 Å². The molecule has 0 bridgehead atoms. The summed E-state index contributed by atoms with van der Waals surface area (Å²) >= 11 is 0. The Hall–Kier alpha value is -0.650. The van der Waals surface area contributed by atoms with Gasteiger partial charge in [-0.2, -0.15) is 0 Å². The molecule has 0 unspecified atom stereocenters. The first kappa shape index (κ1) is 15.7. The van der Waals surface area contributed by atoms with Crippen LogP contribution in [0.4, 0.5) is 0 Å². The first-order valence-corrected chi connectivity index (χ1v) is 8.04. The van der Waals surface area contributed by atoms with Gasteiger partial charge in [0.15, 0.2) is 0 Å². The van der Waals surface area contributed by atoms with E-state index in [0.29, 0.717) is 6.04 Å². The summed E-state index contributed by atoms with van der Waals surface area (Å²) in [6, 6.07) is 0.596. The zero-order valence-corrected chi connectivity index (χ0v) is 12.7. The fourth-order valence-corrected chi connectivity index (χ4v) is 3.24. The van der Waals surface area contributed by atoms with Gasteiger partial charge in [0.2, 0.25) is 0 Å². The van der Waals surface area contributed by atoms with Crippen LogP contribution in [0.25, 0.3) is 0 Å². The molecular formula is C15H29N3O2. The lowest BCUT2D eigenvalue weighted by atomic mass is 9.86. The Kier molecular flexibility index (Phi) is 6.76. The van der Waals surface area contributed by atoms with Crippen LogP contribution in [-0.2, 0) is 9.53 Å². The van der Waals surface area contributed by atoms with Crippen molar-refractivity contribution in [3.63, 3.8) is 0 Å². The molecule has 0 aromatic rings. The molecule has 1 heterocycles. The summed E-state index contributed by atoms with van der Waals surface area (Å²) in [6.07, 6.45) is 5.38. The van der Waals surface area contributed by atoms with Gasteiger partial charge in [0.1, 0.15) is 0 Å². The largest absolute Gasteiger partial charge is 0.469 e. The zero-order chi connectivity index (χ0) is 14.2. The summed E-state index contributed by atoms with van der Waals surface area (Å²) in [4.78, 5) is 14.0. The van der Waals surface area contributed by atoms with Gasteiger partial charge in [0.25, 0.3) is 0 Å². The molecule has 5 heteroatoms. The van der Waals surface area contributed by atoms with Crippen molar-refractivity contribution < 1.29 is 9.53 Å². The molecule has 1 saturated carbocycles. The van der Waals surface area contributed by atoms with Gasteiger partial charge in [0.05, 0.1) is 13.0 Å². The number of methoxy groups -OCH3 is 1. The topological polar surface area (TPSA) is 53.6 Å². The van der Waals surface area contributed by atoms with Crippen LogP contribution in [-0.4, -0.2) is 63.3 Å². The maximum atomic E-state index is 11.5. The Balaban J connectivity index is 1.51. The van der Waals surface area contributed by atoms with E-state index in [1.54, 1.807) is 0 Å². The molecule has 116 valence electrons. The van der Waals surface area contributed by atoms with E-state index in [0.717, 1.165) is 45.3 Å². The van der Waals surface area contributed by atoms with E-state index in [4.69, 9.17) is 4.74 Å². The van der Waals surface area contributed by atoms with Crippen LogP contribution in [0.15, 0.2) is 0 Å². The predicted octanol–water partition coefficient (Wildman–Crippen LogP) is 0.603. The van der Waals surface area contributed by atoms with E-state index in [9.17, 15) is 4.79 Å². The summed E-state index contributed by atoms with van der Waals surface area (Å²) in [5, 5.41) is 7.02. The van der Waals surface area contributed by atoms with Gasteiger partial charge in [-0.25, -0.2) is 0 Å². The molecule has 2 fully saturated rings. The third kappa shape index (κ3) is 5.04. The van der Waals surface area contributed by atoms with Crippen molar-refractivity contribution in [2.24, 2.45) is 5.92 Å². The van der Waals surface area contributed by atoms with E-state index < -0.39 is 0 Å². The number of hydrogen-bond acceptors (Lipinski definition) is 5. The number of nitrogens with zero attached hydrogens (tertiary/aromatic N) is 1. The number of nitrogens with one attached hydrogen (secondary N) is 2. The maximum Gasteiger partial charge on any atom is 0.308 e. The van der Waals surface area contributed by atoms with Crippen LogP contribution in [0.5, 0.6) is 0 Å². The Bertz CT molecular complexity index is 285. The Morgan fingerprint density at radius 3 is 2.60 bits per heavy atom. The standard InChI is InChI=1S/C15H29N3O2/c1-20-15(19)13-3-5-14(6-4-13)17-7-2-10-18-11-8-16-9-12-18/h13-14,16-17H,2-12H2,1H3. The highest BCUT2D eigenvalue weighted by molar-refractivity contribution is 5.72. The molecule has 1 aliphatic heterocycles. The van der Waals surface area contributed by atoms with Crippen molar-refractivity contribution in [3.8, 4) is 0 Å². The molecule has 5 nitrogen and oxygen atoms in total. The van der Waals surface area contributed by atoms with Crippen molar-refractivity contribution in [1.29, 1.82) is 0 Å². The molecule has 2 aliphatic rings. The molecular weight excluding hydrogens is 254 g/mol. The van der Waals surface area contributed by atoms with Crippen LogP contribution >= 0.6 is 0 Å². The van der Waals surface area contributed by atoms with Crippen molar-refractivity contribution in [3.05, 3.63) is 0 Å². The highest BCUT2D eigenvalue weighted by Crippen LogP contribution is 2.25. The number of ether oxygens (including phenoxy) is 1. The lowest BCUT2D eigenvalue weighted by Gasteiger charge is -2.29. The van der Waals surface area contributed by atoms with Crippen molar-refractivity contribution in [2.75, 3.05) is 46.4 Å². The average Bonchev–Trinajstić information content (AvgIpc) is 2.52. The van der Waals surface area contributed by atoms with Crippen molar-refractivity contribution >= 4 is 5.97 Å². The molecule has 0 aromatic carbocycles. The van der Waals surface area contributed by atoms with Gasteiger partial charge in [-0.3, -0.25) is 4.79 Å². The van der Waals surface area contributed by atoms with Crippen molar-refractivity contribution in [1.82, 2.24) is 15.5 Å². The molecule has 1 aliphatic carbocycles. The second kappa shape index (κ2) is 8.60. The second-order valence-electron chi connectivity index (χ2n) is 5.97. The highest BCUT2D eigenvalue weighted by Gasteiger charge is 2.26. The number of piperazine rings is 1. The molecule has 1 saturated heterocycles. The molecule has 0 aromatic heterocycles. The smallest absolute Gasteiger partial charge is 0.308 e. The third-order valence-electron chi connectivity index (χ3n) is 4.56. The summed E-state index contributed by atoms with van der Waals surface area (Å²) < 4.78 is 4.82. The lowest BCUT2D eigenvalue weighted by Crippen LogP contribution is -2.44. The normalized spacial score (nSPS) is 28.2. The predicted molar refractivity (Wildman–Crippen MR) is 79.7 cm³/mol. The zero-order valence-electron chi connectivity index (χ0n) is 12.7. The van der Waals surface area contributed by atoms with Gasteiger partial charge >= 0.3 is 5.97 Å². The van der Waals surface area contributed by atoms with Crippen LogP contribution < -0.4 is 10.6 Å². The molecule has 0 spiro atoms. The monoisotopic (exact) mass is 283 g/mol. The Labute approximate surface area is 122 Å². The van der Waals surface area contributed by atoms with Gasteiger partial charge in [-0.1, -0.05) is 0 Å². The van der Waals surface area contributed by atoms with E-state index in [1.165, 1.54) is 33.2 Å². The fraction of sp³-hybridized carbons (Fsp3) is 0.933. The number of hydrogen-bond donors (Lipinski definition) is 2. The molecule has 20 heavy (non-hydrogen) atoms. The fourth-order valence-electron chi connectivity index (χ4n) is 3.24. The van der Waals surface area contributed by atoms with Gasteiger partial charge < -0.3 is 20.3 Å². The number of rotatable bonds is 6. The van der Waals surface area contributed by atoms with Crippen LogP contribution in [0, 0.1) is 5.92 Å². The summed E-state index contributed by atoms with van der Waals surface area (Å²) in [5.41, 5.74) is 0. The van der Waals surface area contributed by atoms with Crippen LogP contribution in [0.1, 0.15) is 32.1 Å². The number of esters is 1. The quantitative estimate of drug-likeness (QED) is 0.552. The number of carbonyl (C=O) groups is 1.